The number of rotatable bonds is 10. The SMILES string of the molecule is CNCC(O)COc1cccc(-c2nc(OCC3CCCCC3)c(C)c(-c3c(C)noc3C)n2)c1. The zero-order chi connectivity index (χ0) is 24.8. The zero-order valence-corrected chi connectivity index (χ0v) is 21.1. The van der Waals surface area contributed by atoms with Crippen molar-refractivity contribution in [1.29, 1.82) is 0 Å². The molecule has 0 bridgehead atoms. The molecule has 1 atom stereocenters. The Labute approximate surface area is 207 Å². The summed E-state index contributed by atoms with van der Waals surface area (Å²) in [5.74, 6) is 3.05. The first-order valence-electron chi connectivity index (χ1n) is 12.5. The van der Waals surface area contributed by atoms with E-state index < -0.39 is 6.10 Å². The second-order valence-corrected chi connectivity index (χ2v) is 9.39. The van der Waals surface area contributed by atoms with E-state index in [0.717, 1.165) is 28.1 Å². The third kappa shape index (κ3) is 6.18. The molecule has 35 heavy (non-hydrogen) atoms. The molecule has 4 rings (SSSR count). The molecule has 188 valence electrons. The summed E-state index contributed by atoms with van der Waals surface area (Å²) in [6, 6.07) is 7.60. The number of nitrogens with zero attached hydrogens (tertiary/aromatic N) is 3. The highest BCUT2D eigenvalue weighted by atomic mass is 16.5. The largest absolute Gasteiger partial charge is 0.491 e. The van der Waals surface area contributed by atoms with Gasteiger partial charge in [-0.15, -0.1) is 0 Å². The third-order valence-corrected chi connectivity index (χ3v) is 6.53. The van der Waals surface area contributed by atoms with Crippen LogP contribution in [0.25, 0.3) is 22.6 Å². The third-order valence-electron chi connectivity index (χ3n) is 6.53. The molecule has 1 aliphatic carbocycles. The average molecular weight is 481 g/mol. The van der Waals surface area contributed by atoms with Crippen LogP contribution >= 0.6 is 0 Å². The Morgan fingerprint density at radius 3 is 2.63 bits per heavy atom. The maximum absolute atomic E-state index is 9.98. The van der Waals surface area contributed by atoms with Crippen LogP contribution in [0.5, 0.6) is 11.6 Å². The highest BCUT2D eigenvalue weighted by Gasteiger charge is 2.22. The quantitative estimate of drug-likeness (QED) is 0.433. The summed E-state index contributed by atoms with van der Waals surface area (Å²) < 4.78 is 17.6. The van der Waals surface area contributed by atoms with Gasteiger partial charge in [-0.2, -0.15) is 4.98 Å². The Hall–Kier alpha value is -2.97. The van der Waals surface area contributed by atoms with Gasteiger partial charge >= 0.3 is 0 Å². The van der Waals surface area contributed by atoms with Crippen LogP contribution in [-0.2, 0) is 0 Å². The van der Waals surface area contributed by atoms with Crippen LogP contribution in [0.15, 0.2) is 28.8 Å². The second-order valence-electron chi connectivity index (χ2n) is 9.39. The predicted octanol–water partition coefficient (Wildman–Crippen LogP) is 4.64. The van der Waals surface area contributed by atoms with Crippen molar-refractivity contribution in [3.05, 3.63) is 41.3 Å². The van der Waals surface area contributed by atoms with Crippen molar-refractivity contribution in [2.45, 2.75) is 59.0 Å². The maximum Gasteiger partial charge on any atom is 0.220 e. The lowest BCUT2D eigenvalue weighted by atomic mass is 9.90. The number of hydrogen-bond acceptors (Lipinski definition) is 8. The standard InChI is InChI=1S/C27H36N4O4/c1-17-25(24-18(2)31-35-19(24)3)29-26(30-27(17)34-15-20-9-6-5-7-10-20)21-11-8-12-23(13-21)33-16-22(32)14-28-4/h8,11-13,20,22,28,32H,5-7,9-10,14-16H2,1-4H3. The van der Waals surface area contributed by atoms with Crippen LogP contribution in [-0.4, -0.2) is 53.1 Å². The molecule has 2 heterocycles. The number of aryl methyl sites for hydroxylation is 2. The predicted molar refractivity (Wildman–Crippen MR) is 135 cm³/mol. The maximum atomic E-state index is 9.98. The van der Waals surface area contributed by atoms with Crippen LogP contribution in [0.3, 0.4) is 0 Å². The fraction of sp³-hybridized carbons (Fsp3) is 0.519. The fourth-order valence-electron chi connectivity index (χ4n) is 4.59. The molecule has 1 aliphatic rings. The van der Waals surface area contributed by atoms with Gasteiger partial charge < -0.3 is 24.4 Å². The molecule has 2 N–H and O–H groups in total. The fourth-order valence-corrected chi connectivity index (χ4v) is 4.59. The monoisotopic (exact) mass is 480 g/mol. The van der Waals surface area contributed by atoms with Gasteiger partial charge in [-0.3, -0.25) is 0 Å². The minimum absolute atomic E-state index is 0.194. The summed E-state index contributed by atoms with van der Waals surface area (Å²) in [6.45, 7) is 7.11. The van der Waals surface area contributed by atoms with Crippen LogP contribution in [0.1, 0.15) is 49.1 Å². The number of nitrogens with one attached hydrogen (secondary N) is 1. The van der Waals surface area contributed by atoms with E-state index in [4.69, 9.17) is 24.0 Å². The Kier molecular flexibility index (Phi) is 8.36. The number of aliphatic hydroxyl groups excluding tert-OH is 1. The molecule has 0 spiro atoms. The summed E-state index contributed by atoms with van der Waals surface area (Å²) in [5.41, 5.74) is 4.10. The first-order valence-corrected chi connectivity index (χ1v) is 12.5. The molecule has 8 nitrogen and oxygen atoms in total. The van der Waals surface area contributed by atoms with E-state index in [1.807, 2.05) is 45.0 Å². The van der Waals surface area contributed by atoms with E-state index in [9.17, 15) is 5.11 Å². The van der Waals surface area contributed by atoms with Gasteiger partial charge in [0, 0.05) is 17.7 Å². The summed E-state index contributed by atoms with van der Waals surface area (Å²) >= 11 is 0. The van der Waals surface area contributed by atoms with Crippen LogP contribution in [0.2, 0.25) is 0 Å². The van der Waals surface area contributed by atoms with Gasteiger partial charge in [0.1, 0.15) is 24.2 Å². The Morgan fingerprint density at radius 1 is 1.11 bits per heavy atom. The molecular formula is C27H36N4O4. The van der Waals surface area contributed by atoms with Gasteiger partial charge in [0.05, 0.1) is 23.6 Å². The van der Waals surface area contributed by atoms with Gasteiger partial charge in [-0.1, -0.05) is 36.6 Å². The molecule has 2 aromatic heterocycles. The van der Waals surface area contributed by atoms with Crippen molar-refractivity contribution in [2.75, 3.05) is 26.8 Å². The molecule has 1 aromatic carbocycles. The minimum Gasteiger partial charge on any atom is -0.491 e. The molecule has 0 amide bonds. The van der Waals surface area contributed by atoms with Gasteiger partial charge in [0.25, 0.3) is 0 Å². The number of ether oxygens (including phenoxy) is 2. The van der Waals surface area contributed by atoms with Crippen molar-refractivity contribution in [1.82, 2.24) is 20.4 Å². The number of benzene rings is 1. The van der Waals surface area contributed by atoms with Crippen molar-refractivity contribution in [2.24, 2.45) is 5.92 Å². The topological polar surface area (TPSA) is 103 Å². The summed E-state index contributed by atoms with van der Waals surface area (Å²) in [4.78, 5) is 9.75. The van der Waals surface area contributed by atoms with E-state index in [-0.39, 0.29) is 6.61 Å². The Balaban J connectivity index is 1.67. The van der Waals surface area contributed by atoms with Gasteiger partial charge in [-0.05, 0) is 58.7 Å². The lowest BCUT2D eigenvalue weighted by molar-refractivity contribution is 0.108. The smallest absolute Gasteiger partial charge is 0.220 e. The Morgan fingerprint density at radius 2 is 1.91 bits per heavy atom. The zero-order valence-electron chi connectivity index (χ0n) is 21.1. The van der Waals surface area contributed by atoms with Crippen molar-refractivity contribution >= 4 is 0 Å². The van der Waals surface area contributed by atoms with Crippen molar-refractivity contribution in [3.63, 3.8) is 0 Å². The number of aromatic nitrogens is 3. The van der Waals surface area contributed by atoms with Crippen LogP contribution in [0, 0.1) is 26.7 Å². The molecule has 8 heteroatoms. The second kappa shape index (κ2) is 11.6. The minimum atomic E-state index is -0.592. The highest BCUT2D eigenvalue weighted by molar-refractivity contribution is 5.71. The lowest BCUT2D eigenvalue weighted by Crippen LogP contribution is -2.29. The van der Waals surface area contributed by atoms with Gasteiger partial charge in [-0.25, -0.2) is 4.98 Å². The average Bonchev–Trinajstić information content (AvgIpc) is 3.20. The normalized spacial score (nSPS) is 15.2. The van der Waals surface area contributed by atoms with E-state index >= 15 is 0 Å². The van der Waals surface area contributed by atoms with E-state index in [1.165, 1.54) is 32.1 Å². The van der Waals surface area contributed by atoms with E-state index in [2.05, 4.69) is 10.5 Å². The Bertz CT molecular complexity index is 1100. The number of likely N-dealkylation sites (N-methyl/N-ethyl adjacent to an activating group) is 1. The molecule has 0 aliphatic heterocycles. The first-order chi connectivity index (χ1) is 17.0. The summed E-state index contributed by atoms with van der Waals surface area (Å²) in [5, 5.41) is 17.1. The van der Waals surface area contributed by atoms with Crippen molar-refractivity contribution in [3.8, 4) is 34.3 Å². The van der Waals surface area contributed by atoms with Gasteiger partial charge in [0.15, 0.2) is 5.82 Å². The molecule has 1 saturated carbocycles. The van der Waals surface area contributed by atoms with Crippen molar-refractivity contribution < 1.29 is 19.1 Å². The molecule has 1 fully saturated rings. The highest BCUT2D eigenvalue weighted by Crippen LogP contribution is 2.35. The summed E-state index contributed by atoms with van der Waals surface area (Å²) in [7, 11) is 1.79. The molecule has 1 unspecified atom stereocenters. The van der Waals surface area contributed by atoms with Crippen LogP contribution < -0.4 is 14.8 Å². The van der Waals surface area contributed by atoms with E-state index in [0.29, 0.717) is 42.3 Å². The molecule has 0 radical (unpaired) electrons. The molecule has 0 saturated heterocycles. The molecular weight excluding hydrogens is 444 g/mol. The molecule has 3 aromatic rings. The van der Waals surface area contributed by atoms with Crippen LogP contribution in [0.4, 0.5) is 0 Å². The number of hydrogen-bond donors (Lipinski definition) is 2. The lowest BCUT2D eigenvalue weighted by Gasteiger charge is -2.22. The van der Waals surface area contributed by atoms with Gasteiger partial charge in [0.2, 0.25) is 5.88 Å². The first kappa shape index (κ1) is 25.1. The number of aliphatic hydroxyl groups is 1. The summed E-state index contributed by atoms with van der Waals surface area (Å²) in [6.07, 6.45) is 5.65. The van der Waals surface area contributed by atoms with E-state index in [1.54, 1.807) is 7.05 Å².